The summed E-state index contributed by atoms with van der Waals surface area (Å²) >= 11 is 0. The predicted octanol–water partition coefficient (Wildman–Crippen LogP) is 3.16. The van der Waals surface area contributed by atoms with Crippen LogP contribution in [0.5, 0.6) is 0 Å². The molecule has 9 nitrogen and oxygen atoms in total. The summed E-state index contributed by atoms with van der Waals surface area (Å²) in [7, 11) is -4.03. The summed E-state index contributed by atoms with van der Waals surface area (Å²) in [5.41, 5.74) is 6.54. The topological polar surface area (TPSA) is 136 Å². The number of nitrogens with zero attached hydrogens (tertiary/aromatic N) is 2. The summed E-state index contributed by atoms with van der Waals surface area (Å²) < 4.78 is 42.4. The van der Waals surface area contributed by atoms with Gasteiger partial charge in [0.05, 0.1) is 16.3 Å². The van der Waals surface area contributed by atoms with E-state index in [0.29, 0.717) is 11.4 Å². The highest BCUT2D eigenvalue weighted by molar-refractivity contribution is 7.92. The van der Waals surface area contributed by atoms with Crippen molar-refractivity contribution in [2.75, 3.05) is 10.0 Å². The number of carbonyl (C=O) groups excluding carboxylic acids is 2. The summed E-state index contributed by atoms with van der Waals surface area (Å²) in [6.07, 6.45) is 1.59. The monoisotopic (exact) mass is 479 g/mol. The Bertz CT molecular complexity index is 1470. The Hall–Kier alpha value is -4.51. The van der Waals surface area contributed by atoms with Gasteiger partial charge < -0.3 is 11.1 Å². The summed E-state index contributed by atoms with van der Waals surface area (Å²) in [6.45, 7) is 0. The minimum Gasteiger partial charge on any atom is -0.364 e. The van der Waals surface area contributed by atoms with Crippen LogP contribution in [0.2, 0.25) is 0 Å². The van der Waals surface area contributed by atoms with E-state index in [1.807, 2.05) is 0 Å². The lowest BCUT2D eigenvalue weighted by Crippen LogP contribution is -2.15. The Balaban J connectivity index is 1.43. The Morgan fingerprint density at radius 1 is 0.912 bits per heavy atom. The molecule has 0 saturated heterocycles. The molecule has 1 heterocycles. The van der Waals surface area contributed by atoms with Gasteiger partial charge in [-0.1, -0.05) is 12.1 Å². The van der Waals surface area contributed by atoms with Crippen molar-refractivity contribution in [1.29, 1.82) is 0 Å². The van der Waals surface area contributed by atoms with Crippen molar-refractivity contribution in [2.24, 2.45) is 5.73 Å². The van der Waals surface area contributed by atoms with E-state index in [1.54, 1.807) is 30.5 Å². The van der Waals surface area contributed by atoms with Crippen LogP contribution in [0.25, 0.3) is 5.69 Å². The van der Waals surface area contributed by atoms with E-state index in [2.05, 4.69) is 15.1 Å². The van der Waals surface area contributed by atoms with Crippen molar-refractivity contribution in [2.45, 2.75) is 4.90 Å². The number of amides is 2. The third-order valence-corrected chi connectivity index (χ3v) is 6.16. The first kappa shape index (κ1) is 22.7. The zero-order valence-electron chi connectivity index (χ0n) is 17.5. The average molecular weight is 479 g/mol. The molecule has 172 valence electrons. The first-order valence-corrected chi connectivity index (χ1v) is 11.4. The number of nitrogens with two attached hydrogens (primary N) is 1. The lowest BCUT2D eigenvalue weighted by molar-refractivity contribution is 0.0993. The van der Waals surface area contributed by atoms with Crippen LogP contribution >= 0.6 is 0 Å². The maximum absolute atomic E-state index is 13.8. The zero-order valence-corrected chi connectivity index (χ0v) is 18.3. The summed E-state index contributed by atoms with van der Waals surface area (Å²) in [4.78, 5) is 23.6. The Labute approximate surface area is 194 Å². The molecule has 4 rings (SSSR count). The fourth-order valence-corrected chi connectivity index (χ4v) is 4.10. The number of nitrogens with one attached hydrogen (secondary N) is 2. The van der Waals surface area contributed by atoms with Gasteiger partial charge >= 0.3 is 0 Å². The van der Waals surface area contributed by atoms with Crippen LogP contribution in [0, 0.1) is 5.82 Å². The van der Waals surface area contributed by atoms with Crippen LogP contribution in [0.15, 0.2) is 90.0 Å². The second-order valence-corrected chi connectivity index (χ2v) is 8.80. The number of anilines is 2. The molecule has 11 heteroatoms. The number of halogens is 1. The molecule has 0 aliphatic rings. The van der Waals surface area contributed by atoms with E-state index < -0.39 is 27.7 Å². The third-order valence-electron chi connectivity index (χ3n) is 4.78. The molecule has 0 unspecified atom stereocenters. The molecule has 0 saturated carbocycles. The first-order valence-electron chi connectivity index (χ1n) is 9.87. The zero-order chi connectivity index (χ0) is 24.3. The molecule has 2 amide bonds. The van der Waals surface area contributed by atoms with Crippen molar-refractivity contribution in [3.8, 4) is 5.69 Å². The molecule has 3 aromatic carbocycles. The van der Waals surface area contributed by atoms with E-state index in [4.69, 9.17) is 5.73 Å². The van der Waals surface area contributed by atoms with Crippen LogP contribution in [-0.2, 0) is 10.0 Å². The highest BCUT2D eigenvalue weighted by Gasteiger charge is 2.17. The van der Waals surface area contributed by atoms with Crippen LogP contribution < -0.4 is 15.8 Å². The highest BCUT2D eigenvalue weighted by atomic mass is 32.2. The van der Waals surface area contributed by atoms with Gasteiger partial charge in [-0.25, -0.2) is 17.5 Å². The van der Waals surface area contributed by atoms with Crippen LogP contribution in [0.4, 0.5) is 15.8 Å². The number of sulfonamides is 1. The Morgan fingerprint density at radius 2 is 1.59 bits per heavy atom. The Morgan fingerprint density at radius 3 is 2.21 bits per heavy atom. The van der Waals surface area contributed by atoms with Gasteiger partial charge in [0.15, 0.2) is 0 Å². The van der Waals surface area contributed by atoms with Gasteiger partial charge in [-0.2, -0.15) is 5.10 Å². The lowest BCUT2D eigenvalue weighted by atomic mass is 10.2. The van der Waals surface area contributed by atoms with Gasteiger partial charge in [-0.15, -0.1) is 0 Å². The van der Waals surface area contributed by atoms with Crippen molar-refractivity contribution in [1.82, 2.24) is 9.78 Å². The summed E-state index contributed by atoms with van der Waals surface area (Å²) in [5, 5.41) is 6.77. The number of hydrogen-bond donors (Lipinski definition) is 3. The van der Waals surface area contributed by atoms with E-state index in [1.165, 1.54) is 53.2 Å². The predicted molar refractivity (Wildman–Crippen MR) is 124 cm³/mol. The molecule has 0 fully saturated rings. The number of carbonyl (C=O) groups is 2. The number of benzene rings is 3. The molecule has 4 aromatic rings. The van der Waals surface area contributed by atoms with Crippen molar-refractivity contribution in [3.63, 3.8) is 0 Å². The van der Waals surface area contributed by atoms with Crippen molar-refractivity contribution < 1.29 is 22.4 Å². The smallest absolute Gasteiger partial charge is 0.269 e. The van der Waals surface area contributed by atoms with E-state index in [-0.39, 0.29) is 21.8 Å². The minimum atomic E-state index is -4.03. The molecule has 0 aliphatic carbocycles. The van der Waals surface area contributed by atoms with Gasteiger partial charge in [-0.3, -0.25) is 14.3 Å². The van der Waals surface area contributed by atoms with E-state index >= 15 is 0 Å². The highest BCUT2D eigenvalue weighted by Crippen LogP contribution is 2.20. The number of hydrogen-bond acceptors (Lipinski definition) is 5. The first-order chi connectivity index (χ1) is 16.2. The molecule has 0 aliphatic heterocycles. The lowest BCUT2D eigenvalue weighted by Gasteiger charge is -2.10. The second-order valence-electron chi connectivity index (χ2n) is 7.12. The SMILES string of the molecule is NC(=O)c1ccn(-c2ccc(NC(=O)c3ccc(S(=O)(=O)Nc4ccccc4F)cc3)cc2)n1. The average Bonchev–Trinajstić information content (AvgIpc) is 3.32. The van der Waals surface area contributed by atoms with E-state index in [0.717, 1.165) is 6.07 Å². The molecule has 0 atom stereocenters. The van der Waals surface area contributed by atoms with Gasteiger partial charge in [0, 0.05) is 17.4 Å². The molecule has 0 spiro atoms. The van der Waals surface area contributed by atoms with Crippen molar-refractivity contribution in [3.05, 3.63) is 102 Å². The normalized spacial score (nSPS) is 11.1. The molecule has 34 heavy (non-hydrogen) atoms. The maximum atomic E-state index is 13.8. The molecular weight excluding hydrogens is 461 g/mol. The molecular formula is C23H18FN5O4S. The Kier molecular flexibility index (Phi) is 6.11. The van der Waals surface area contributed by atoms with E-state index in [9.17, 15) is 22.4 Å². The number of para-hydroxylation sites is 1. The minimum absolute atomic E-state index is 0.119. The standard InChI is InChI=1S/C23H18FN5O4S/c24-19-3-1-2-4-20(19)28-34(32,33)18-11-5-15(6-12-18)23(31)26-16-7-9-17(10-8-16)29-14-13-21(27-29)22(25)30/h1-14,28H,(H2,25,30)(H,26,31). The summed E-state index contributed by atoms with van der Waals surface area (Å²) in [5.74, 6) is -1.78. The van der Waals surface area contributed by atoms with Gasteiger partial charge in [0.1, 0.15) is 11.5 Å². The van der Waals surface area contributed by atoms with Crippen LogP contribution in [-0.4, -0.2) is 30.0 Å². The molecule has 1 aromatic heterocycles. The van der Waals surface area contributed by atoms with Crippen LogP contribution in [0.1, 0.15) is 20.8 Å². The summed E-state index contributed by atoms with van der Waals surface area (Å²) in [6, 6.07) is 18.8. The maximum Gasteiger partial charge on any atom is 0.269 e. The number of aromatic nitrogens is 2. The second kappa shape index (κ2) is 9.16. The van der Waals surface area contributed by atoms with Crippen molar-refractivity contribution >= 4 is 33.2 Å². The van der Waals surface area contributed by atoms with Gasteiger partial charge in [-0.05, 0) is 66.7 Å². The molecule has 4 N–H and O–H groups in total. The molecule has 0 radical (unpaired) electrons. The molecule has 0 bridgehead atoms. The van der Waals surface area contributed by atoms with Gasteiger partial charge in [0.2, 0.25) is 0 Å². The fourth-order valence-electron chi connectivity index (χ4n) is 3.03. The van der Waals surface area contributed by atoms with Crippen LogP contribution in [0.3, 0.4) is 0 Å². The quantitative estimate of drug-likeness (QED) is 0.374. The number of primary amides is 1. The van der Waals surface area contributed by atoms with Gasteiger partial charge in [0.25, 0.3) is 21.8 Å². The fraction of sp³-hybridized carbons (Fsp3) is 0. The number of rotatable bonds is 7. The largest absolute Gasteiger partial charge is 0.364 e. The third kappa shape index (κ3) is 4.94.